The number of alkyl halides is 3. The van der Waals surface area contributed by atoms with Crippen LogP contribution in [0.15, 0.2) is 60.7 Å². The summed E-state index contributed by atoms with van der Waals surface area (Å²) >= 11 is 6.16. The SMILES string of the molecule is CS(=O)(=O)NCc1ccc(Cl)c(C(=O)Nc2ccc3c(c2)C(=O)N(c2cccc(C(F)(F)F)c2)CO3)c1. The van der Waals surface area contributed by atoms with E-state index in [0.717, 1.165) is 23.3 Å². The minimum Gasteiger partial charge on any atom is -0.472 e. The van der Waals surface area contributed by atoms with Crippen LogP contribution in [0.1, 0.15) is 31.8 Å². The van der Waals surface area contributed by atoms with Crippen LogP contribution >= 0.6 is 11.6 Å². The Hall–Kier alpha value is -3.61. The fraction of sp³-hybridized carbons (Fsp3) is 0.167. The third kappa shape index (κ3) is 6.21. The summed E-state index contributed by atoms with van der Waals surface area (Å²) in [5.41, 5.74) is -0.0891. The molecule has 4 rings (SSSR count). The summed E-state index contributed by atoms with van der Waals surface area (Å²) < 4.78 is 69.9. The van der Waals surface area contributed by atoms with Gasteiger partial charge in [-0.15, -0.1) is 0 Å². The van der Waals surface area contributed by atoms with Gasteiger partial charge in [0, 0.05) is 17.9 Å². The number of ether oxygens (including phenoxy) is 1. The highest BCUT2D eigenvalue weighted by Crippen LogP contribution is 2.35. The molecule has 2 amide bonds. The molecular weight excluding hydrogens is 535 g/mol. The third-order valence-corrected chi connectivity index (χ3v) is 6.36. The number of carbonyl (C=O) groups is 2. The maximum atomic E-state index is 13.1. The summed E-state index contributed by atoms with van der Waals surface area (Å²) in [6.45, 7) is -0.338. The molecule has 37 heavy (non-hydrogen) atoms. The molecule has 3 aromatic carbocycles. The van der Waals surface area contributed by atoms with Crippen molar-refractivity contribution in [3.05, 3.63) is 87.9 Å². The predicted octanol–water partition coefficient (Wildman–Crippen LogP) is 4.66. The molecule has 3 aromatic rings. The average molecular weight is 554 g/mol. The maximum absolute atomic E-state index is 13.1. The van der Waals surface area contributed by atoms with Crippen LogP contribution in [0.3, 0.4) is 0 Å². The Morgan fingerprint density at radius 3 is 2.57 bits per heavy atom. The van der Waals surface area contributed by atoms with Gasteiger partial charge in [0.15, 0.2) is 6.73 Å². The molecule has 1 aliphatic rings. The number of nitrogens with one attached hydrogen (secondary N) is 2. The minimum absolute atomic E-state index is 0.00575. The molecule has 1 heterocycles. The summed E-state index contributed by atoms with van der Waals surface area (Å²) in [7, 11) is -3.45. The normalized spacial score (nSPS) is 13.6. The van der Waals surface area contributed by atoms with E-state index in [1.54, 1.807) is 6.07 Å². The summed E-state index contributed by atoms with van der Waals surface area (Å²) in [4.78, 5) is 27.1. The van der Waals surface area contributed by atoms with Crippen LogP contribution in [0.25, 0.3) is 0 Å². The highest BCUT2D eigenvalue weighted by Gasteiger charge is 2.33. The van der Waals surface area contributed by atoms with Crippen molar-refractivity contribution in [3.63, 3.8) is 0 Å². The van der Waals surface area contributed by atoms with E-state index < -0.39 is 33.6 Å². The molecule has 0 saturated carbocycles. The fourth-order valence-corrected chi connectivity index (χ4v) is 4.18. The van der Waals surface area contributed by atoms with Crippen LogP contribution in [0, 0.1) is 0 Å². The molecule has 0 atom stereocenters. The minimum atomic E-state index is -4.58. The van der Waals surface area contributed by atoms with Crippen molar-refractivity contribution in [2.75, 3.05) is 23.2 Å². The lowest BCUT2D eigenvalue weighted by Gasteiger charge is -2.29. The zero-order chi connectivity index (χ0) is 27.0. The third-order valence-electron chi connectivity index (χ3n) is 5.36. The van der Waals surface area contributed by atoms with Gasteiger partial charge in [-0.25, -0.2) is 13.1 Å². The second-order valence-electron chi connectivity index (χ2n) is 8.13. The Morgan fingerprint density at radius 1 is 1.11 bits per heavy atom. The molecule has 0 aromatic heterocycles. The smallest absolute Gasteiger partial charge is 0.416 e. The number of benzene rings is 3. The first-order valence-corrected chi connectivity index (χ1v) is 12.9. The number of anilines is 2. The van der Waals surface area contributed by atoms with Gasteiger partial charge in [-0.1, -0.05) is 23.7 Å². The van der Waals surface area contributed by atoms with Gasteiger partial charge < -0.3 is 10.1 Å². The first-order chi connectivity index (χ1) is 17.3. The van der Waals surface area contributed by atoms with Crippen LogP contribution in [-0.4, -0.2) is 33.2 Å². The molecule has 0 fully saturated rings. The Labute approximate surface area is 215 Å². The molecule has 0 saturated heterocycles. The lowest BCUT2D eigenvalue weighted by Crippen LogP contribution is -2.38. The lowest BCUT2D eigenvalue weighted by molar-refractivity contribution is -0.137. The van der Waals surface area contributed by atoms with E-state index in [9.17, 15) is 31.2 Å². The second kappa shape index (κ2) is 10.0. The van der Waals surface area contributed by atoms with Crippen molar-refractivity contribution in [2.24, 2.45) is 0 Å². The number of carbonyl (C=O) groups excluding carboxylic acids is 2. The topological polar surface area (TPSA) is 105 Å². The van der Waals surface area contributed by atoms with E-state index in [1.165, 1.54) is 42.5 Å². The van der Waals surface area contributed by atoms with Crippen molar-refractivity contribution < 1.29 is 35.9 Å². The van der Waals surface area contributed by atoms with Gasteiger partial charge in [0.2, 0.25) is 10.0 Å². The quantitative estimate of drug-likeness (QED) is 0.462. The van der Waals surface area contributed by atoms with Crippen molar-refractivity contribution >= 4 is 44.8 Å². The van der Waals surface area contributed by atoms with Crippen LogP contribution in [-0.2, 0) is 22.7 Å². The number of rotatable bonds is 6. The van der Waals surface area contributed by atoms with Crippen LogP contribution in [0.5, 0.6) is 5.75 Å². The zero-order valence-corrected chi connectivity index (χ0v) is 20.7. The Balaban J connectivity index is 1.56. The van der Waals surface area contributed by atoms with E-state index in [4.69, 9.17) is 16.3 Å². The number of amides is 2. The first-order valence-electron chi connectivity index (χ1n) is 10.6. The summed E-state index contributed by atoms with van der Waals surface area (Å²) in [5, 5.41) is 2.73. The van der Waals surface area contributed by atoms with Gasteiger partial charge >= 0.3 is 6.18 Å². The molecule has 0 unspecified atom stereocenters. The monoisotopic (exact) mass is 553 g/mol. The van der Waals surface area contributed by atoms with Gasteiger partial charge in [-0.3, -0.25) is 14.5 Å². The van der Waals surface area contributed by atoms with Crippen molar-refractivity contribution in [1.82, 2.24) is 4.72 Å². The van der Waals surface area contributed by atoms with Gasteiger partial charge in [0.05, 0.1) is 28.0 Å². The molecule has 0 spiro atoms. The Kier molecular flexibility index (Phi) is 7.18. The second-order valence-corrected chi connectivity index (χ2v) is 10.4. The van der Waals surface area contributed by atoms with E-state index in [0.29, 0.717) is 5.56 Å². The van der Waals surface area contributed by atoms with Gasteiger partial charge in [0.25, 0.3) is 11.8 Å². The maximum Gasteiger partial charge on any atom is 0.416 e. The van der Waals surface area contributed by atoms with E-state index in [2.05, 4.69) is 10.0 Å². The molecule has 13 heteroatoms. The van der Waals surface area contributed by atoms with E-state index in [1.807, 2.05) is 0 Å². The molecule has 2 N–H and O–H groups in total. The van der Waals surface area contributed by atoms with Crippen molar-refractivity contribution in [3.8, 4) is 5.75 Å². The summed E-state index contributed by atoms with van der Waals surface area (Å²) in [6, 6.07) is 13.1. The van der Waals surface area contributed by atoms with Gasteiger partial charge in [0.1, 0.15) is 5.75 Å². The zero-order valence-electron chi connectivity index (χ0n) is 19.1. The number of nitrogens with zero attached hydrogens (tertiary/aromatic N) is 1. The number of fused-ring (bicyclic) bond motifs is 1. The van der Waals surface area contributed by atoms with E-state index in [-0.39, 0.29) is 46.5 Å². The molecule has 194 valence electrons. The Morgan fingerprint density at radius 2 is 1.86 bits per heavy atom. The molecule has 0 radical (unpaired) electrons. The molecule has 0 aliphatic carbocycles. The summed E-state index contributed by atoms with van der Waals surface area (Å²) in [6.07, 6.45) is -3.57. The number of sulfonamides is 1. The highest BCUT2D eigenvalue weighted by molar-refractivity contribution is 7.88. The predicted molar refractivity (Wildman–Crippen MR) is 131 cm³/mol. The fourth-order valence-electron chi connectivity index (χ4n) is 3.55. The number of hydrogen-bond donors (Lipinski definition) is 2. The molecule has 0 bridgehead atoms. The first kappa shape index (κ1) is 26.5. The highest BCUT2D eigenvalue weighted by atomic mass is 35.5. The van der Waals surface area contributed by atoms with Gasteiger partial charge in [-0.2, -0.15) is 13.2 Å². The van der Waals surface area contributed by atoms with Crippen molar-refractivity contribution in [2.45, 2.75) is 12.7 Å². The van der Waals surface area contributed by atoms with Crippen LogP contribution in [0.2, 0.25) is 5.02 Å². The van der Waals surface area contributed by atoms with Crippen LogP contribution < -0.4 is 19.7 Å². The lowest BCUT2D eigenvalue weighted by atomic mass is 10.1. The summed E-state index contributed by atoms with van der Waals surface area (Å²) in [5.74, 6) is -1.02. The average Bonchev–Trinajstić information content (AvgIpc) is 2.83. The van der Waals surface area contributed by atoms with Crippen molar-refractivity contribution in [1.29, 1.82) is 0 Å². The van der Waals surface area contributed by atoms with E-state index >= 15 is 0 Å². The molecular formula is C24H19ClF3N3O5S. The molecule has 1 aliphatic heterocycles. The molecule has 8 nitrogen and oxygen atoms in total. The standard InChI is InChI=1S/C24H19ClF3N3O5S/c1-37(34,35)29-12-14-5-7-20(25)18(9-14)22(32)30-16-6-8-21-19(11-16)23(33)31(13-36-21)17-4-2-3-15(10-17)24(26,27)28/h2-11,29H,12-13H2,1H3,(H,30,32). The largest absolute Gasteiger partial charge is 0.472 e. The Bertz CT molecular complexity index is 1500. The van der Waals surface area contributed by atoms with Crippen LogP contribution in [0.4, 0.5) is 24.5 Å². The number of halogens is 4. The van der Waals surface area contributed by atoms with Gasteiger partial charge in [-0.05, 0) is 54.1 Å². The number of hydrogen-bond acceptors (Lipinski definition) is 5.